The summed E-state index contributed by atoms with van der Waals surface area (Å²) in [4.78, 5) is -0.270. The van der Waals surface area contributed by atoms with Crippen LogP contribution >= 0.6 is 23.2 Å². The van der Waals surface area contributed by atoms with E-state index >= 15 is 0 Å². The first-order chi connectivity index (χ1) is 11.3. The third-order valence-corrected chi connectivity index (χ3v) is 5.53. The summed E-state index contributed by atoms with van der Waals surface area (Å²) in [7, 11) is -4.09. The standard InChI is InChI=1S/C15H12Cl2F3NO3S/c1-14(22,15(18,19)20)9-2-5-11(6-3-9)21-25(23,24)13-8-10(16)4-7-12(13)17/h2-8,21-22H,1H3. The molecule has 2 N–H and O–H groups in total. The van der Waals surface area contributed by atoms with Crippen molar-refractivity contribution in [1.82, 2.24) is 0 Å². The minimum absolute atomic E-state index is 0.00207. The van der Waals surface area contributed by atoms with Crippen molar-refractivity contribution in [2.75, 3.05) is 4.72 Å². The van der Waals surface area contributed by atoms with Crippen molar-refractivity contribution >= 4 is 38.9 Å². The van der Waals surface area contributed by atoms with Gasteiger partial charge >= 0.3 is 6.18 Å². The van der Waals surface area contributed by atoms with E-state index in [2.05, 4.69) is 4.72 Å². The van der Waals surface area contributed by atoms with Crippen molar-refractivity contribution in [3.63, 3.8) is 0 Å². The minimum Gasteiger partial charge on any atom is -0.376 e. The summed E-state index contributed by atoms with van der Waals surface area (Å²) in [6.45, 7) is 0.609. The Kier molecular flexibility index (Phi) is 5.30. The predicted molar refractivity (Wildman–Crippen MR) is 89.3 cm³/mol. The van der Waals surface area contributed by atoms with Crippen LogP contribution in [0.4, 0.5) is 18.9 Å². The maximum atomic E-state index is 12.8. The summed E-state index contributed by atoms with van der Waals surface area (Å²) in [6.07, 6.45) is -4.87. The zero-order valence-electron chi connectivity index (χ0n) is 12.6. The van der Waals surface area contributed by atoms with Crippen LogP contribution in [0.1, 0.15) is 12.5 Å². The molecule has 0 saturated heterocycles. The van der Waals surface area contributed by atoms with E-state index in [0.717, 1.165) is 30.3 Å². The molecule has 1 atom stereocenters. The summed E-state index contributed by atoms with van der Waals surface area (Å²) in [5.41, 5.74) is -3.48. The van der Waals surface area contributed by atoms with Gasteiger partial charge in [-0.25, -0.2) is 8.42 Å². The quantitative estimate of drug-likeness (QED) is 0.771. The lowest BCUT2D eigenvalue weighted by Crippen LogP contribution is -2.39. The molecule has 0 aromatic heterocycles. The SMILES string of the molecule is CC(O)(c1ccc(NS(=O)(=O)c2cc(Cl)ccc2Cl)cc1)C(F)(F)F. The molecule has 0 heterocycles. The first-order valence-electron chi connectivity index (χ1n) is 6.72. The Bertz CT molecular complexity index is 882. The van der Waals surface area contributed by atoms with Crippen LogP contribution in [0.15, 0.2) is 47.4 Å². The maximum Gasteiger partial charge on any atom is 0.421 e. The lowest BCUT2D eigenvalue weighted by atomic mass is 9.95. The molecule has 0 fully saturated rings. The normalized spacial score (nSPS) is 14.8. The van der Waals surface area contributed by atoms with Gasteiger partial charge in [-0.15, -0.1) is 0 Å². The summed E-state index contributed by atoms with van der Waals surface area (Å²) < 4.78 is 65.3. The minimum atomic E-state index is -4.87. The Balaban J connectivity index is 2.31. The number of rotatable bonds is 4. The number of halogens is 5. The van der Waals surface area contributed by atoms with Gasteiger partial charge < -0.3 is 5.11 Å². The van der Waals surface area contributed by atoms with Crippen LogP contribution < -0.4 is 4.72 Å². The molecule has 136 valence electrons. The third kappa shape index (κ3) is 4.20. The number of hydrogen-bond acceptors (Lipinski definition) is 3. The second-order valence-corrected chi connectivity index (χ2v) is 7.82. The van der Waals surface area contributed by atoms with Gasteiger partial charge in [-0.2, -0.15) is 13.2 Å². The van der Waals surface area contributed by atoms with Gasteiger partial charge in [-0.3, -0.25) is 4.72 Å². The summed E-state index contributed by atoms with van der Waals surface area (Å²) in [5.74, 6) is 0. The van der Waals surface area contributed by atoms with Gasteiger partial charge in [0.05, 0.1) is 5.02 Å². The molecule has 10 heteroatoms. The third-order valence-electron chi connectivity index (χ3n) is 3.43. The number of nitrogens with one attached hydrogen (secondary N) is 1. The highest BCUT2D eigenvalue weighted by Gasteiger charge is 2.51. The first kappa shape index (κ1) is 19.8. The maximum absolute atomic E-state index is 12.8. The molecular formula is C15H12Cl2F3NO3S. The fourth-order valence-electron chi connectivity index (χ4n) is 1.92. The number of aliphatic hydroxyl groups is 1. The van der Waals surface area contributed by atoms with E-state index in [1.165, 1.54) is 12.1 Å². The van der Waals surface area contributed by atoms with Crippen LogP contribution in [-0.2, 0) is 15.6 Å². The van der Waals surface area contributed by atoms with E-state index in [-0.39, 0.29) is 20.6 Å². The highest BCUT2D eigenvalue weighted by atomic mass is 35.5. The summed E-state index contributed by atoms with van der Waals surface area (Å²) in [5, 5.41) is 9.69. The van der Waals surface area contributed by atoms with Gasteiger partial charge in [0.2, 0.25) is 0 Å². The Morgan fingerprint density at radius 2 is 1.60 bits per heavy atom. The Morgan fingerprint density at radius 1 is 1.04 bits per heavy atom. The lowest BCUT2D eigenvalue weighted by Gasteiger charge is -2.26. The molecule has 1 unspecified atom stereocenters. The second-order valence-electron chi connectivity index (χ2n) is 5.33. The zero-order valence-corrected chi connectivity index (χ0v) is 14.9. The van der Waals surface area contributed by atoms with Crippen molar-refractivity contribution in [1.29, 1.82) is 0 Å². The predicted octanol–water partition coefficient (Wildman–Crippen LogP) is 4.56. The van der Waals surface area contributed by atoms with Crippen molar-refractivity contribution in [3.05, 3.63) is 58.1 Å². The molecule has 0 aliphatic rings. The first-order valence-corrected chi connectivity index (χ1v) is 8.96. The summed E-state index contributed by atoms with van der Waals surface area (Å²) >= 11 is 11.6. The molecule has 0 aliphatic carbocycles. The number of anilines is 1. The van der Waals surface area contributed by atoms with E-state index in [4.69, 9.17) is 23.2 Å². The van der Waals surface area contributed by atoms with E-state index in [9.17, 15) is 26.7 Å². The van der Waals surface area contributed by atoms with Gasteiger partial charge in [0.25, 0.3) is 10.0 Å². The molecule has 0 amide bonds. The van der Waals surface area contributed by atoms with Crippen LogP contribution in [0.25, 0.3) is 0 Å². The molecule has 0 spiro atoms. The smallest absolute Gasteiger partial charge is 0.376 e. The molecule has 0 saturated carbocycles. The topological polar surface area (TPSA) is 66.4 Å². The fourth-order valence-corrected chi connectivity index (χ4v) is 3.74. The zero-order chi connectivity index (χ0) is 19.0. The molecule has 0 bridgehead atoms. The van der Waals surface area contributed by atoms with Crippen molar-refractivity contribution in [2.45, 2.75) is 23.6 Å². The van der Waals surface area contributed by atoms with Crippen molar-refractivity contribution < 1.29 is 26.7 Å². The molecule has 2 rings (SSSR count). The van der Waals surface area contributed by atoms with E-state index in [1.54, 1.807) is 0 Å². The number of benzene rings is 2. The number of hydrogen-bond donors (Lipinski definition) is 2. The molecule has 2 aromatic rings. The van der Waals surface area contributed by atoms with Gasteiger partial charge in [-0.05, 0) is 42.8 Å². The van der Waals surface area contributed by atoms with Crippen molar-refractivity contribution in [3.8, 4) is 0 Å². The Morgan fingerprint density at radius 3 is 2.12 bits per heavy atom. The fraction of sp³-hybridized carbons (Fsp3) is 0.200. The molecule has 2 aromatic carbocycles. The van der Waals surface area contributed by atoms with Crippen LogP contribution in [0.3, 0.4) is 0 Å². The number of sulfonamides is 1. The second kappa shape index (κ2) is 6.68. The van der Waals surface area contributed by atoms with Gasteiger partial charge in [0.1, 0.15) is 4.90 Å². The average Bonchev–Trinajstić information content (AvgIpc) is 2.48. The van der Waals surface area contributed by atoms with Crippen molar-refractivity contribution in [2.24, 2.45) is 0 Å². The molecule has 25 heavy (non-hydrogen) atoms. The molecule has 0 radical (unpaired) electrons. The highest BCUT2D eigenvalue weighted by Crippen LogP contribution is 2.38. The van der Waals surface area contributed by atoms with Gasteiger partial charge in [-0.1, -0.05) is 35.3 Å². The average molecular weight is 414 g/mol. The molecule has 4 nitrogen and oxygen atoms in total. The lowest BCUT2D eigenvalue weighted by molar-refractivity contribution is -0.258. The largest absolute Gasteiger partial charge is 0.421 e. The molecular weight excluding hydrogens is 402 g/mol. The van der Waals surface area contributed by atoms with Crippen LogP contribution in [-0.4, -0.2) is 19.7 Å². The monoisotopic (exact) mass is 413 g/mol. The van der Waals surface area contributed by atoms with E-state index < -0.39 is 27.4 Å². The van der Waals surface area contributed by atoms with E-state index in [0.29, 0.717) is 6.92 Å². The number of alkyl halides is 3. The van der Waals surface area contributed by atoms with Crippen LogP contribution in [0.5, 0.6) is 0 Å². The Labute approximate surface area is 152 Å². The van der Waals surface area contributed by atoms with Crippen LogP contribution in [0, 0.1) is 0 Å². The van der Waals surface area contributed by atoms with Gasteiger partial charge in [0.15, 0.2) is 5.60 Å². The summed E-state index contributed by atoms with van der Waals surface area (Å²) in [6, 6.07) is 8.03. The Hall–Kier alpha value is -1.48. The van der Waals surface area contributed by atoms with Gasteiger partial charge in [0, 0.05) is 10.7 Å². The van der Waals surface area contributed by atoms with Crippen LogP contribution in [0.2, 0.25) is 10.0 Å². The highest BCUT2D eigenvalue weighted by molar-refractivity contribution is 7.92. The molecule has 0 aliphatic heterocycles. The van der Waals surface area contributed by atoms with E-state index in [1.807, 2.05) is 0 Å².